The minimum Gasteiger partial charge on any atom is -0.476 e. The minimum absolute atomic E-state index is 0.0626. The maximum absolute atomic E-state index is 13.9. The van der Waals surface area contributed by atoms with E-state index in [0.717, 1.165) is 16.7 Å². The van der Waals surface area contributed by atoms with Crippen LogP contribution in [-0.2, 0) is 30.2 Å². The number of nitrogens with zero attached hydrogens (tertiary/aromatic N) is 1. The molecule has 7 unspecified atom stereocenters. The Balaban J connectivity index is 1.75. The molecular weight excluding hydrogens is 594 g/mol. The molecule has 3 N–H and O–H groups in total. The Morgan fingerprint density at radius 1 is 1.27 bits per heavy atom. The van der Waals surface area contributed by atoms with Gasteiger partial charge in [-0.3, -0.25) is 9.59 Å². The number of allylic oxidation sites excluding steroid dienone is 3. The van der Waals surface area contributed by atoms with Crippen molar-refractivity contribution in [3.63, 3.8) is 0 Å². The van der Waals surface area contributed by atoms with Gasteiger partial charge in [0.1, 0.15) is 29.6 Å². The van der Waals surface area contributed by atoms with E-state index < -0.39 is 41.6 Å². The molecule has 45 heavy (non-hydrogen) atoms. The Morgan fingerprint density at radius 3 is 2.62 bits per heavy atom. The van der Waals surface area contributed by atoms with E-state index in [2.05, 4.69) is 17.2 Å². The van der Waals surface area contributed by atoms with Gasteiger partial charge in [-0.05, 0) is 57.9 Å². The van der Waals surface area contributed by atoms with E-state index in [0.29, 0.717) is 17.1 Å². The first-order valence-electron chi connectivity index (χ1n) is 15.8. The number of halogens is 1. The number of carbonyl (C=O) groups is 2. The van der Waals surface area contributed by atoms with Crippen molar-refractivity contribution in [1.29, 1.82) is 0 Å². The van der Waals surface area contributed by atoms with E-state index in [-0.39, 0.29) is 42.5 Å². The van der Waals surface area contributed by atoms with Crippen molar-refractivity contribution in [3.05, 3.63) is 64.5 Å². The highest BCUT2D eigenvalue weighted by Gasteiger charge is 2.64. The van der Waals surface area contributed by atoms with Crippen molar-refractivity contribution in [2.75, 3.05) is 11.9 Å². The Kier molecular flexibility index (Phi) is 10.5. The molecule has 0 aromatic heterocycles. The molecule has 0 aliphatic carbocycles. The number of ether oxygens (including phenoxy) is 3. The van der Waals surface area contributed by atoms with E-state index >= 15 is 0 Å². The number of anilines is 1. The Labute approximate surface area is 273 Å². The quantitative estimate of drug-likeness (QED) is 0.298. The smallest absolute Gasteiger partial charge is 0.323 e. The molecule has 1 aromatic rings. The van der Waals surface area contributed by atoms with E-state index in [1.165, 1.54) is 4.90 Å². The van der Waals surface area contributed by atoms with E-state index in [9.17, 15) is 14.7 Å². The molecule has 4 bridgehead atoms. The zero-order valence-electron chi connectivity index (χ0n) is 28.1. The summed E-state index contributed by atoms with van der Waals surface area (Å²) < 4.78 is 18.5. The zero-order chi connectivity index (χ0) is 33.4. The van der Waals surface area contributed by atoms with Gasteiger partial charge < -0.3 is 34.9 Å². The number of epoxide rings is 1. The SMILES string of the molecule is C=C1NC2(O)CC(O1)C(C)C1OC1(C)C(OC(=O)[C@H](C)NC(C)C)CC(=O)N(C)c1cc(cc(C)c1Cl)C/C(C)=C/C=C/C2C. The first-order chi connectivity index (χ1) is 20.9. The molecule has 3 aliphatic heterocycles. The summed E-state index contributed by atoms with van der Waals surface area (Å²) in [5.41, 5.74) is 1.29. The van der Waals surface area contributed by atoms with Gasteiger partial charge in [0, 0.05) is 31.3 Å². The topological polar surface area (TPSA) is 113 Å². The van der Waals surface area contributed by atoms with Crippen molar-refractivity contribution < 1.29 is 28.9 Å². The van der Waals surface area contributed by atoms with Crippen LogP contribution in [-0.4, -0.2) is 65.8 Å². The fourth-order valence-electron chi connectivity index (χ4n) is 6.47. The summed E-state index contributed by atoms with van der Waals surface area (Å²) in [6.45, 7) is 19.4. The van der Waals surface area contributed by atoms with Gasteiger partial charge >= 0.3 is 5.97 Å². The van der Waals surface area contributed by atoms with Crippen molar-refractivity contribution in [3.8, 4) is 0 Å². The third-order valence-corrected chi connectivity index (χ3v) is 9.85. The molecule has 3 heterocycles. The molecular formula is C35H50ClN3O6. The first kappa shape index (κ1) is 35.0. The number of benzene rings is 1. The van der Waals surface area contributed by atoms with E-state index in [1.807, 2.05) is 78.8 Å². The lowest BCUT2D eigenvalue weighted by Crippen LogP contribution is -2.57. The largest absolute Gasteiger partial charge is 0.476 e. The lowest BCUT2D eigenvalue weighted by atomic mass is 9.82. The fourth-order valence-corrected chi connectivity index (χ4v) is 6.70. The minimum atomic E-state index is -1.30. The molecule has 1 amide bonds. The monoisotopic (exact) mass is 643 g/mol. The van der Waals surface area contributed by atoms with Crippen LogP contribution in [0.25, 0.3) is 0 Å². The molecule has 248 valence electrons. The number of fused-ring (bicyclic) bond motifs is 5. The zero-order valence-corrected chi connectivity index (χ0v) is 28.8. The average Bonchev–Trinajstić information content (AvgIpc) is 3.64. The number of aryl methyl sites for hydroxylation is 1. The fraction of sp³-hybridized carbons (Fsp3) is 0.600. The molecule has 4 rings (SSSR count). The number of amides is 1. The van der Waals surface area contributed by atoms with Crippen molar-refractivity contribution in [2.24, 2.45) is 11.8 Å². The highest BCUT2D eigenvalue weighted by Crippen LogP contribution is 2.49. The second-order valence-electron chi connectivity index (χ2n) is 13.6. The molecule has 2 fully saturated rings. The van der Waals surface area contributed by atoms with Gasteiger partial charge in [-0.15, -0.1) is 0 Å². The second-order valence-corrected chi connectivity index (χ2v) is 14.0. The normalized spacial score (nSPS) is 35.0. The molecule has 2 saturated heterocycles. The Hall–Kier alpha value is -2.85. The van der Waals surface area contributed by atoms with Gasteiger partial charge in [0.05, 0.1) is 23.2 Å². The number of esters is 1. The van der Waals surface area contributed by atoms with Gasteiger partial charge in [0.25, 0.3) is 0 Å². The summed E-state index contributed by atoms with van der Waals surface area (Å²) in [6, 6.07) is 3.43. The summed E-state index contributed by atoms with van der Waals surface area (Å²) in [6.07, 6.45) is 5.03. The summed E-state index contributed by atoms with van der Waals surface area (Å²) in [7, 11) is 1.69. The summed E-state index contributed by atoms with van der Waals surface area (Å²) >= 11 is 6.75. The van der Waals surface area contributed by atoms with Gasteiger partial charge in [-0.1, -0.05) is 69.2 Å². The van der Waals surface area contributed by atoms with Crippen LogP contribution >= 0.6 is 11.6 Å². The molecule has 9 nitrogen and oxygen atoms in total. The third-order valence-electron chi connectivity index (χ3n) is 9.36. The maximum Gasteiger partial charge on any atom is 0.323 e. The van der Waals surface area contributed by atoms with Crippen LogP contribution in [0.3, 0.4) is 0 Å². The van der Waals surface area contributed by atoms with Crippen LogP contribution in [0.1, 0.15) is 72.4 Å². The Morgan fingerprint density at radius 2 is 1.96 bits per heavy atom. The maximum atomic E-state index is 13.9. The summed E-state index contributed by atoms with van der Waals surface area (Å²) in [5, 5.41) is 18.4. The van der Waals surface area contributed by atoms with Gasteiger partial charge in [-0.25, -0.2) is 0 Å². The van der Waals surface area contributed by atoms with Gasteiger partial charge in [0.15, 0.2) is 5.88 Å². The lowest BCUT2D eigenvalue weighted by Gasteiger charge is -2.44. The number of aliphatic hydroxyl groups is 1. The van der Waals surface area contributed by atoms with Gasteiger partial charge in [-0.2, -0.15) is 0 Å². The highest BCUT2D eigenvalue weighted by molar-refractivity contribution is 6.34. The summed E-state index contributed by atoms with van der Waals surface area (Å²) in [4.78, 5) is 28.7. The average molecular weight is 644 g/mol. The highest BCUT2D eigenvalue weighted by atomic mass is 35.5. The standard InChI is InChI=1S/C35H50ClN3O6/c1-19(2)37-24(7)33(41)44-29-17-30(40)39(10)27-16-26(15-21(4)31(27)36)14-20(3)12-11-13-22(5)35(42)18-28(43-25(8)38-35)23(6)32-34(29,9)45-32/h11-13,15-16,19,22-24,28-29,32,37-38,42H,8,14,17-18H2,1-7,9-10H3/b13-11+,20-12+/t22?,23?,24-,28?,29?,32?,34?,35?/m0/s1. The van der Waals surface area contributed by atoms with E-state index in [4.69, 9.17) is 25.8 Å². The molecule has 8 atom stereocenters. The number of nitrogens with one attached hydrogen (secondary N) is 2. The van der Waals surface area contributed by atoms with Crippen molar-refractivity contribution >= 4 is 29.2 Å². The lowest BCUT2D eigenvalue weighted by molar-refractivity contribution is -0.156. The van der Waals surface area contributed by atoms with Crippen LogP contribution in [0.2, 0.25) is 5.02 Å². The number of hydrogen-bond donors (Lipinski definition) is 3. The van der Waals surface area contributed by atoms with E-state index in [1.54, 1.807) is 14.0 Å². The molecule has 3 aliphatic rings. The molecule has 1 aromatic carbocycles. The number of rotatable bonds is 4. The summed E-state index contributed by atoms with van der Waals surface area (Å²) in [5.74, 6) is -0.952. The van der Waals surface area contributed by atoms with Gasteiger partial charge in [0.2, 0.25) is 5.91 Å². The predicted octanol–water partition coefficient (Wildman–Crippen LogP) is 5.33. The van der Waals surface area contributed by atoms with Crippen LogP contribution in [0.4, 0.5) is 5.69 Å². The molecule has 0 saturated carbocycles. The predicted molar refractivity (Wildman–Crippen MR) is 177 cm³/mol. The van der Waals surface area contributed by atoms with Crippen molar-refractivity contribution in [2.45, 2.75) is 116 Å². The van der Waals surface area contributed by atoms with Crippen molar-refractivity contribution in [1.82, 2.24) is 10.6 Å². The molecule has 0 spiro atoms. The number of hydrogen-bond acceptors (Lipinski definition) is 8. The van der Waals surface area contributed by atoms with Crippen LogP contribution in [0.5, 0.6) is 0 Å². The third kappa shape index (κ3) is 7.76. The van der Waals surface area contributed by atoms with Crippen LogP contribution < -0.4 is 15.5 Å². The van der Waals surface area contributed by atoms with Crippen LogP contribution in [0, 0.1) is 18.8 Å². The molecule has 0 radical (unpaired) electrons. The first-order valence-corrected chi connectivity index (χ1v) is 16.2. The molecule has 10 heteroatoms. The number of carbonyl (C=O) groups excluding carboxylic acids is 2. The second kappa shape index (κ2) is 13.5. The van der Waals surface area contributed by atoms with Crippen LogP contribution in [0.15, 0.2) is 48.4 Å². The Bertz CT molecular complexity index is 1380.